The molecule has 1 aliphatic heterocycles. The van der Waals surface area contributed by atoms with E-state index < -0.39 is 0 Å². The molecule has 0 bridgehead atoms. The molecular formula is C3H4N2+. The highest BCUT2D eigenvalue weighted by Crippen LogP contribution is 1.76. The number of nitrogens with zero attached hydrogens (tertiary/aromatic N) is 2. The maximum absolute atomic E-state index is 3.60. The first-order valence-corrected chi connectivity index (χ1v) is 1.52. The maximum atomic E-state index is 3.60. The summed E-state index contributed by atoms with van der Waals surface area (Å²) in [6.07, 6.45) is 3.60. The molecule has 0 spiro atoms. The van der Waals surface area contributed by atoms with E-state index in [1.807, 2.05) is 6.08 Å². The van der Waals surface area contributed by atoms with E-state index in [1.54, 1.807) is 6.20 Å². The Morgan fingerprint density at radius 2 is 2.80 bits per heavy atom. The summed E-state index contributed by atoms with van der Waals surface area (Å²) in [5, 5.41) is 7.12. The Bertz CT molecular complexity index is 63.0. The van der Waals surface area contributed by atoms with E-state index >= 15 is 0 Å². The van der Waals surface area contributed by atoms with E-state index in [0.29, 0.717) is 0 Å². The summed E-state index contributed by atoms with van der Waals surface area (Å²) >= 11 is 0. The summed E-state index contributed by atoms with van der Waals surface area (Å²) in [6, 6.07) is 0. The first kappa shape index (κ1) is 2.57. The highest BCUT2D eigenvalue weighted by atomic mass is 15.1. The lowest BCUT2D eigenvalue weighted by Crippen LogP contribution is -1.58. The van der Waals surface area contributed by atoms with E-state index in [4.69, 9.17) is 0 Å². The van der Waals surface area contributed by atoms with Gasteiger partial charge >= 0.3 is 0 Å². The molecule has 2 heteroatoms. The minimum absolute atomic E-state index is 0.778. The molecule has 1 rings (SSSR count). The Morgan fingerprint density at radius 3 is 3.00 bits per heavy atom. The zero-order valence-electron chi connectivity index (χ0n) is 2.76. The van der Waals surface area contributed by atoms with E-state index in [9.17, 15) is 0 Å². The molecule has 0 fully saturated rings. The van der Waals surface area contributed by atoms with E-state index in [0.717, 1.165) is 6.54 Å². The molecule has 0 unspecified atom stereocenters. The van der Waals surface area contributed by atoms with E-state index in [2.05, 4.69) is 10.2 Å². The number of azo groups is 1. The minimum Gasteiger partial charge on any atom is 0.0176 e. The molecule has 0 aromatic rings. The van der Waals surface area contributed by atoms with Crippen LogP contribution in [0, 0.1) is 0 Å². The van der Waals surface area contributed by atoms with Gasteiger partial charge in [0.2, 0.25) is 0 Å². The van der Waals surface area contributed by atoms with Gasteiger partial charge in [0.15, 0.2) is 5.11 Å². The van der Waals surface area contributed by atoms with Crippen LogP contribution in [0.3, 0.4) is 0 Å². The van der Waals surface area contributed by atoms with Crippen molar-refractivity contribution in [2.24, 2.45) is 5.11 Å². The third kappa shape index (κ3) is 0.318. The van der Waals surface area contributed by atoms with Gasteiger partial charge in [0, 0.05) is 11.2 Å². The van der Waals surface area contributed by atoms with Crippen LogP contribution in [0.2, 0.25) is 0 Å². The Morgan fingerprint density at radius 1 is 1.80 bits per heavy atom. The van der Waals surface area contributed by atoms with Crippen LogP contribution in [0.4, 0.5) is 0 Å². The first-order chi connectivity index (χ1) is 2.50. The molecule has 25 valence electrons. The van der Waals surface area contributed by atoms with Crippen LogP contribution in [-0.4, -0.2) is 6.54 Å². The summed E-state index contributed by atoms with van der Waals surface area (Å²) in [7, 11) is 0. The largest absolute Gasteiger partial charge is 0.275 e. The Hall–Kier alpha value is -0.660. The van der Waals surface area contributed by atoms with Gasteiger partial charge < -0.3 is 0 Å². The van der Waals surface area contributed by atoms with Crippen LogP contribution in [0.1, 0.15) is 0 Å². The smallest absolute Gasteiger partial charge is 0.0176 e. The fraction of sp³-hybridized carbons (Fsp3) is 0.333. The van der Waals surface area contributed by atoms with Gasteiger partial charge in [-0.15, -0.1) is 0 Å². The minimum atomic E-state index is 0.778. The van der Waals surface area contributed by atoms with E-state index in [1.165, 1.54) is 0 Å². The van der Waals surface area contributed by atoms with Crippen LogP contribution in [0.5, 0.6) is 0 Å². The van der Waals surface area contributed by atoms with Crippen LogP contribution in [-0.2, 0) is 0 Å². The molecule has 2 nitrogen and oxygen atoms in total. The normalized spacial score (nSPS) is 17.6. The van der Waals surface area contributed by atoms with Crippen molar-refractivity contribution in [3.63, 3.8) is 0 Å². The third-order valence-electron chi connectivity index (χ3n) is 0.441. The Balaban J connectivity index is 2.61. The predicted octanol–water partition coefficient (Wildman–Crippen LogP) is 0.302. The molecule has 0 saturated carbocycles. The van der Waals surface area contributed by atoms with Crippen LogP contribution in [0.15, 0.2) is 17.4 Å². The molecule has 0 aromatic heterocycles. The van der Waals surface area contributed by atoms with Gasteiger partial charge in [0.05, 0.1) is 0 Å². The molecule has 0 amide bonds. The standard InChI is InChI=1S/C3H4N2/c1-2-4-5-3-1/h1-2H,3H2/q+1. The van der Waals surface area contributed by atoms with Crippen molar-refractivity contribution in [2.45, 2.75) is 0 Å². The lowest BCUT2D eigenvalue weighted by Gasteiger charge is -1.43. The molecule has 1 aliphatic rings. The lowest BCUT2D eigenvalue weighted by atomic mass is 10.7. The van der Waals surface area contributed by atoms with Gasteiger partial charge in [0.25, 0.3) is 6.20 Å². The quantitative estimate of drug-likeness (QED) is 0.390. The van der Waals surface area contributed by atoms with E-state index in [-0.39, 0.29) is 0 Å². The fourth-order valence-corrected chi connectivity index (χ4v) is 0.236. The summed E-state index contributed by atoms with van der Waals surface area (Å²) < 4.78 is 0. The summed E-state index contributed by atoms with van der Waals surface area (Å²) in [6.45, 7) is 0.778. The predicted molar refractivity (Wildman–Crippen MR) is 18.6 cm³/mol. The monoisotopic (exact) mass is 68.0 g/mol. The van der Waals surface area contributed by atoms with Crippen molar-refractivity contribution in [1.29, 1.82) is 0 Å². The second-order valence-electron chi connectivity index (χ2n) is 0.824. The van der Waals surface area contributed by atoms with Gasteiger partial charge in [-0.25, -0.2) is 0 Å². The summed E-state index contributed by atoms with van der Waals surface area (Å²) in [4.78, 5) is 0. The molecule has 0 aliphatic carbocycles. The maximum Gasteiger partial charge on any atom is 0.275 e. The molecule has 5 heavy (non-hydrogen) atoms. The molecule has 0 saturated heterocycles. The average Bonchev–Trinajstić information content (AvgIpc) is 1.76. The Kier molecular flexibility index (Phi) is 0.499. The van der Waals surface area contributed by atoms with Gasteiger partial charge in [-0.1, -0.05) is 0 Å². The molecular weight excluding hydrogens is 64.0 g/mol. The highest BCUT2D eigenvalue weighted by Gasteiger charge is 1.91. The topological polar surface area (TPSA) is 26.5 Å². The second-order valence-corrected chi connectivity index (χ2v) is 0.824. The zero-order valence-corrected chi connectivity index (χ0v) is 2.76. The van der Waals surface area contributed by atoms with Gasteiger partial charge in [0.1, 0.15) is 6.54 Å². The van der Waals surface area contributed by atoms with Gasteiger partial charge in [-0.05, 0) is 0 Å². The van der Waals surface area contributed by atoms with Crippen molar-refractivity contribution < 1.29 is 0 Å². The second kappa shape index (κ2) is 0.971. The first-order valence-electron chi connectivity index (χ1n) is 1.52. The van der Waals surface area contributed by atoms with Crippen molar-refractivity contribution in [3.05, 3.63) is 12.3 Å². The number of rotatable bonds is 0. The van der Waals surface area contributed by atoms with Crippen molar-refractivity contribution >= 4 is 0 Å². The zero-order chi connectivity index (χ0) is 3.54. The SMILES string of the molecule is C1=C[N+]=NC1. The lowest BCUT2D eigenvalue weighted by molar-refractivity contribution is 1.05. The average molecular weight is 68.1 g/mol. The molecule has 0 N–H and O–H groups in total. The highest BCUT2D eigenvalue weighted by molar-refractivity contribution is 4.82. The summed E-state index contributed by atoms with van der Waals surface area (Å²) in [5.74, 6) is 0. The molecule has 0 aromatic carbocycles. The van der Waals surface area contributed by atoms with Gasteiger partial charge in [-0.2, -0.15) is 0 Å². The fourth-order valence-electron chi connectivity index (χ4n) is 0.236. The van der Waals surface area contributed by atoms with Crippen molar-refractivity contribution in [1.82, 2.24) is 5.11 Å². The molecule has 1 radical (unpaired) electrons. The number of hydrogen-bond donors (Lipinski definition) is 0. The third-order valence-corrected chi connectivity index (χ3v) is 0.441. The Labute approximate surface area is 30.2 Å². The molecule has 1 heterocycles. The van der Waals surface area contributed by atoms with Crippen LogP contribution >= 0.6 is 0 Å². The van der Waals surface area contributed by atoms with Crippen molar-refractivity contribution in [3.8, 4) is 0 Å². The van der Waals surface area contributed by atoms with Crippen LogP contribution in [0.25, 0.3) is 0 Å². The summed E-state index contributed by atoms with van der Waals surface area (Å²) in [5.41, 5.74) is 0. The van der Waals surface area contributed by atoms with Crippen LogP contribution < -0.4 is 5.11 Å². The van der Waals surface area contributed by atoms with Gasteiger partial charge in [-0.3, -0.25) is 0 Å². The van der Waals surface area contributed by atoms with Crippen molar-refractivity contribution in [2.75, 3.05) is 6.54 Å². The number of hydrogen-bond acceptors (Lipinski definition) is 2. The molecule has 0 atom stereocenters.